The number of amides is 2. The molecule has 3 rings (SSSR count). The fourth-order valence-corrected chi connectivity index (χ4v) is 3.23. The highest BCUT2D eigenvalue weighted by Gasteiger charge is 2.28. The Morgan fingerprint density at radius 2 is 2.20 bits per heavy atom. The lowest BCUT2D eigenvalue weighted by atomic mass is 10.0. The van der Waals surface area contributed by atoms with Gasteiger partial charge >= 0.3 is 0 Å². The fourth-order valence-electron chi connectivity index (χ4n) is 3.23. The Morgan fingerprint density at radius 3 is 2.88 bits per heavy atom. The van der Waals surface area contributed by atoms with Gasteiger partial charge in [-0.3, -0.25) is 14.3 Å². The molecule has 1 aliphatic heterocycles. The summed E-state index contributed by atoms with van der Waals surface area (Å²) in [6.07, 6.45) is 5.54. The van der Waals surface area contributed by atoms with Gasteiger partial charge in [0.1, 0.15) is 5.82 Å². The zero-order chi connectivity index (χ0) is 18.0. The molecular weight excluding hydrogens is 323 g/mol. The maximum Gasteiger partial charge on any atom is 0.256 e. The summed E-state index contributed by atoms with van der Waals surface area (Å²) in [5.74, 6) is -0.828. The summed E-state index contributed by atoms with van der Waals surface area (Å²) in [6, 6.07) is 4.05. The average Bonchev–Trinajstić information content (AvgIpc) is 3.18. The number of aryl methyl sites for hydroxylation is 1. The normalized spacial score (nSPS) is 16.9. The van der Waals surface area contributed by atoms with Gasteiger partial charge in [-0.05, 0) is 42.5 Å². The van der Waals surface area contributed by atoms with E-state index in [-0.39, 0.29) is 17.4 Å². The first-order valence-corrected chi connectivity index (χ1v) is 8.26. The van der Waals surface area contributed by atoms with E-state index < -0.39 is 5.82 Å². The molecule has 0 saturated carbocycles. The van der Waals surface area contributed by atoms with Crippen LogP contribution in [0.15, 0.2) is 30.6 Å². The Morgan fingerprint density at radius 1 is 1.40 bits per heavy atom. The number of benzene rings is 1. The van der Waals surface area contributed by atoms with Gasteiger partial charge in [0.05, 0.1) is 11.8 Å². The molecule has 0 aliphatic carbocycles. The van der Waals surface area contributed by atoms with E-state index in [0.29, 0.717) is 24.7 Å². The number of rotatable bonds is 4. The predicted molar refractivity (Wildman–Crippen MR) is 91.6 cm³/mol. The molecule has 1 fully saturated rings. The number of hydrogen-bond acceptors (Lipinski definition) is 3. The molecule has 1 unspecified atom stereocenters. The Kier molecular flexibility index (Phi) is 4.83. The number of nitrogens with zero attached hydrogens (tertiary/aromatic N) is 3. The Balaban J connectivity index is 1.68. The molecule has 0 radical (unpaired) electrons. The van der Waals surface area contributed by atoms with Crippen molar-refractivity contribution in [3.8, 4) is 0 Å². The van der Waals surface area contributed by atoms with Crippen LogP contribution in [0.5, 0.6) is 0 Å². The molecule has 1 aliphatic rings. The van der Waals surface area contributed by atoms with Crippen LogP contribution in [0.1, 0.15) is 29.3 Å². The number of aromatic nitrogens is 2. The number of nitrogens with one attached hydrogen (secondary N) is 1. The first-order chi connectivity index (χ1) is 11.9. The topological polar surface area (TPSA) is 67.2 Å². The second kappa shape index (κ2) is 7.04. The highest BCUT2D eigenvalue weighted by Crippen LogP contribution is 2.24. The Hall–Kier alpha value is -2.70. The number of hydrogen-bond donors (Lipinski definition) is 1. The first kappa shape index (κ1) is 17.1. The van der Waals surface area contributed by atoms with Gasteiger partial charge in [0.25, 0.3) is 5.91 Å². The van der Waals surface area contributed by atoms with Gasteiger partial charge < -0.3 is 10.2 Å². The monoisotopic (exact) mass is 344 g/mol. The molecule has 6 nitrogen and oxygen atoms in total. The molecule has 25 heavy (non-hydrogen) atoms. The molecule has 2 amide bonds. The Bertz CT molecular complexity index is 802. The third kappa shape index (κ3) is 4.04. The van der Waals surface area contributed by atoms with Crippen LogP contribution in [0.25, 0.3) is 0 Å². The van der Waals surface area contributed by atoms with E-state index >= 15 is 0 Å². The summed E-state index contributed by atoms with van der Waals surface area (Å²) < 4.78 is 15.8. The largest absolute Gasteiger partial charge is 0.338 e. The molecule has 2 aromatic rings. The summed E-state index contributed by atoms with van der Waals surface area (Å²) in [7, 11) is 1.87. The van der Waals surface area contributed by atoms with Crippen molar-refractivity contribution >= 4 is 17.5 Å². The maximum absolute atomic E-state index is 14.1. The minimum absolute atomic E-state index is 0.00622. The van der Waals surface area contributed by atoms with Crippen LogP contribution in [0.3, 0.4) is 0 Å². The molecule has 1 N–H and O–H groups in total. The lowest BCUT2D eigenvalue weighted by Crippen LogP contribution is -2.29. The van der Waals surface area contributed by atoms with E-state index in [0.717, 1.165) is 18.4 Å². The van der Waals surface area contributed by atoms with Gasteiger partial charge in [-0.1, -0.05) is 0 Å². The summed E-state index contributed by atoms with van der Waals surface area (Å²) >= 11 is 0. The average molecular weight is 344 g/mol. The van der Waals surface area contributed by atoms with Crippen LogP contribution in [0.4, 0.5) is 10.1 Å². The van der Waals surface area contributed by atoms with Crippen molar-refractivity contribution in [3.05, 3.63) is 47.5 Å². The maximum atomic E-state index is 14.1. The lowest BCUT2D eigenvalue weighted by molar-refractivity contribution is -0.114. The van der Waals surface area contributed by atoms with Crippen molar-refractivity contribution in [1.82, 2.24) is 14.7 Å². The van der Waals surface area contributed by atoms with Gasteiger partial charge in [0.2, 0.25) is 5.91 Å². The Labute approximate surface area is 145 Å². The van der Waals surface area contributed by atoms with E-state index in [1.165, 1.54) is 25.1 Å². The third-order valence-electron chi connectivity index (χ3n) is 4.37. The standard InChI is InChI=1S/C18H21FN4O2/c1-12(24)21-15-3-4-17(19)16(8-15)18(25)23-6-5-13(11-23)7-14-9-20-22(2)10-14/h3-4,8-10,13H,5-7,11H2,1-2H3,(H,21,24). The second-order valence-electron chi connectivity index (χ2n) is 6.51. The van der Waals surface area contributed by atoms with Crippen molar-refractivity contribution in [1.29, 1.82) is 0 Å². The molecule has 0 spiro atoms. The van der Waals surface area contributed by atoms with Crippen molar-refractivity contribution in [2.24, 2.45) is 13.0 Å². The lowest BCUT2D eigenvalue weighted by Gasteiger charge is -2.17. The number of carbonyl (C=O) groups is 2. The highest BCUT2D eigenvalue weighted by atomic mass is 19.1. The van der Waals surface area contributed by atoms with Crippen LogP contribution < -0.4 is 5.32 Å². The third-order valence-corrected chi connectivity index (χ3v) is 4.37. The molecule has 1 saturated heterocycles. The smallest absolute Gasteiger partial charge is 0.256 e. The summed E-state index contributed by atoms with van der Waals surface area (Å²) in [5.41, 5.74) is 1.55. The molecule has 132 valence electrons. The molecule has 1 aromatic heterocycles. The van der Waals surface area contributed by atoms with Crippen LogP contribution in [-0.4, -0.2) is 39.6 Å². The number of anilines is 1. The van der Waals surface area contributed by atoms with Crippen molar-refractivity contribution in [2.75, 3.05) is 18.4 Å². The summed E-state index contributed by atoms with van der Waals surface area (Å²) in [6.45, 7) is 2.57. The van der Waals surface area contributed by atoms with Gasteiger partial charge in [0.15, 0.2) is 0 Å². The predicted octanol–water partition coefficient (Wildman–Crippen LogP) is 2.22. The second-order valence-corrected chi connectivity index (χ2v) is 6.51. The van der Waals surface area contributed by atoms with Crippen molar-refractivity contribution < 1.29 is 14.0 Å². The molecule has 0 bridgehead atoms. The summed E-state index contributed by atoms with van der Waals surface area (Å²) in [4.78, 5) is 25.5. The zero-order valence-corrected chi connectivity index (χ0v) is 14.3. The van der Waals surface area contributed by atoms with Crippen LogP contribution >= 0.6 is 0 Å². The first-order valence-electron chi connectivity index (χ1n) is 8.26. The quantitative estimate of drug-likeness (QED) is 0.925. The van der Waals surface area contributed by atoms with Gasteiger partial charge in [-0.15, -0.1) is 0 Å². The van der Waals surface area contributed by atoms with E-state index in [2.05, 4.69) is 10.4 Å². The van der Waals surface area contributed by atoms with Crippen LogP contribution in [-0.2, 0) is 18.3 Å². The van der Waals surface area contributed by atoms with Gasteiger partial charge in [-0.2, -0.15) is 5.10 Å². The minimum Gasteiger partial charge on any atom is -0.338 e. The number of likely N-dealkylation sites (tertiary alicyclic amines) is 1. The van der Waals surface area contributed by atoms with Gasteiger partial charge in [-0.25, -0.2) is 4.39 Å². The number of carbonyl (C=O) groups excluding carboxylic acids is 2. The molecule has 7 heteroatoms. The molecule has 1 atom stereocenters. The molecular formula is C18H21FN4O2. The summed E-state index contributed by atoms with van der Waals surface area (Å²) in [5, 5.41) is 6.73. The van der Waals surface area contributed by atoms with E-state index in [1.54, 1.807) is 9.58 Å². The fraction of sp³-hybridized carbons (Fsp3) is 0.389. The zero-order valence-electron chi connectivity index (χ0n) is 14.3. The van der Waals surface area contributed by atoms with E-state index in [1.807, 2.05) is 19.4 Å². The van der Waals surface area contributed by atoms with Crippen molar-refractivity contribution in [3.63, 3.8) is 0 Å². The van der Waals surface area contributed by atoms with Gasteiger partial charge in [0, 0.05) is 38.9 Å². The SMILES string of the molecule is CC(=O)Nc1ccc(F)c(C(=O)N2CCC(Cc3cnn(C)c3)C2)c1. The molecule has 1 aromatic carbocycles. The van der Waals surface area contributed by atoms with E-state index in [9.17, 15) is 14.0 Å². The van der Waals surface area contributed by atoms with Crippen molar-refractivity contribution in [2.45, 2.75) is 19.8 Å². The number of halogens is 1. The highest BCUT2D eigenvalue weighted by molar-refractivity contribution is 5.97. The minimum atomic E-state index is -0.574. The van der Waals surface area contributed by atoms with Crippen LogP contribution in [0.2, 0.25) is 0 Å². The van der Waals surface area contributed by atoms with Crippen LogP contribution in [0, 0.1) is 11.7 Å². The van der Waals surface area contributed by atoms with E-state index in [4.69, 9.17) is 0 Å². The molecule has 2 heterocycles.